The van der Waals surface area contributed by atoms with E-state index in [1.54, 1.807) is 0 Å². The van der Waals surface area contributed by atoms with Crippen LogP contribution < -0.4 is 0 Å². The van der Waals surface area contributed by atoms with Gasteiger partial charge >= 0.3 is 0 Å². The van der Waals surface area contributed by atoms with Gasteiger partial charge < -0.3 is 0 Å². The molecule has 0 atom stereocenters. The predicted octanol–water partition coefficient (Wildman–Crippen LogP) is -0.599. The van der Waals surface area contributed by atoms with E-state index < -0.39 is 10.3 Å². The molecule has 0 aromatic heterocycles. The van der Waals surface area contributed by atoms with E-state index in [1.807, 2.05) is 0 Å². The van der Waals surface area contributed by atoms with E-state index in [-0.39, 0.29) is 18.6 Å². The van der Waals surface area contributed by atoms with Gasteiger partial charge in [0.15, 0.2) is 0 Å². The van der Waals surface area contributed by atoms with Gasteiger partial charge in [0.05, 0.1) is 4.86 Å². The summed E-state index contributed by atoms with van der Waals surface area (Å²) in [7, 11) is -2.10. The fourth-order valence-electron chi connectivity index (χ4n) is 0.506. The first-order valence-electron chi connectivity index (χ1n) is 2.16. The maximum absolute atomic E-state index is 10.1. The zero-order chi connectivity index (χ0) is 6.15. The summed E-state index contributed by atoms with van der Waals surface area (Å²) in [6.07, 6.45) is 0.298. The second kappa shape index (κ2) is 1.70. The standard InChI is InChI=1S/C4H4O3S/c5-3-1-4(2-3)8(6)7/h1-2H2. The molecule has 1 fully saturated rings. The molecule has 1 saturated carbocycles. The molecular weight excluding hydrogens is 128 g/mol. The highest BCUT2D eigenvalue weighted by Crippen LogP contribution is 2.07. The van der Waals surface area contributed by atoms with Crippen molar-refractivity contribution in [3.05, 3.63) is 0 Å². The number of Topliss-reactive ketones (excluding diaryl/α,β-unsaturated/α-hetero) is 1. The van der Waals surface area contributed by atoms with Crippen molar-refractivity contribution in [2.24, 2.45) is 0 Å². The van der Waals surface area contributed by atoms with E-state index in [2.05, 4.69) is 0 Å². The van der Waals surface area contributed by atoms with Crippen molar-refractivity contribution in [3.63, 3.8) is 0 Å². The van der Waals surface area contributed by atoms with Crippen molar-refractivity contribution in [1.82, 2.24) is 0 Å². The average Bonchev–Trinajstić information content (AvgIpc) is 1.57. The van der Waals surface area contributed by atoms with Gasteiger partial charge in [-0.25, -0.2) is 0 Å². The van der Waals surface area contributed by atoms with Gasteiger partial charge in [0.2, 0.25) is 10.3 Å². The lowest BCUT2D eigenvalue weighted by molar-refractivity contribution is -0.118. The molecule has 0 aromatic carbocycles. The average molecular weight is 132 g/mol. The normalized spacial score (nSPS) is 18.0. The molecule has 3 nitrogen and oxygen atoms in total. The molecule has 44 valence electrons. The quantitative estimate of drug-likeness (QED) is 0.413. The molecule has 4 heteroatoms. The molecule has 8 heavy (non-hydrogen) atoms. The van der Waals surface area contributed by atoms with E-state index in [9.17, 15) is 13.2 Å². The van der Waals surface area contributed by atoms with Crippen molar-refractivity contribution in [1.29, 1.82) is 0 Å². The maximum atomic E-state index is 10.1. The lowest BCUT2D eigenvalue weighted by atomic mass is 9.99. The van der Waals surface area contributed by atoms with Crippen LogP contribution in [0.25, 0.3) is 0 Å². The molecule has 0 spiro atoms. The Labute approximate surface area is 47.9 Å². The van der Waals surface area contributed by atoms with Crippen molar-refractivity contribution in [2.45, 2.75) is 12.8 Å². The number of hydrogen-bond donors (Lipinski definition) is 0. The molecule has 0 heterocycles. The molecule has 0 N–H and O–H groups in total. The third-order valence-electron chi connectivity index (χ3n) is 1.02. The van der Waals surface area contributed by atoms with Crippen LogP contribution in [-0.4, -0.2) is 19.1 Å². The van der Waals surface area contributed by atoms with Crippen LogP contribution >= 0.6 is 0 Å². The second-order valence-electron chi connectivity index (χ2n) is 1.67. The second-order valence-corrected chi connectivity index (χ2v) is 2.71. The fraction of sp³-hybridized carbons (Fsp3) is 0.500. The topological polar surface area (TPSA) is 51.2 Å². The van der Waals surface area contributed by atoms with E-state index >= 15 is 0 Å². The molecule has 1 aliphatic rings. The Kier molecular flexibility index (Phi) is 1.17. The van der Waals surface area contributed by atoms with Gasteiger partial charge in [-0.05, 0) is 0 Å². The Morgan fingerprint density at radius 3 is 1.88 bits per heavy atom. The van der Waals surface area contributed by atoms with Gasteiger partial charge in [-0.3, -0.25) is 4.79 Å². The first-order chi connectivity index (χ1) is 3.70. The predicted molar refractivity (Wildman–Crippen MR) is 28.2 cm³/mol. The minimum Gasteiger partial charge on any atom is -0.299 e. The number of ketones is 1. The van der Waals surface area contributed by atoms with Crippen LogP contribution in [0.2, 0.25) is 0 Å². The number of hydrogen-bond acceptors (Lipinski definition) is 3. The molecule has 0 amide bonds. The summed E-state index contributed by atoms with van der Waals surface area (Å²) in [5.41, 5.74) is 0. The Balaban J connectivity index is 2.87. The van der Waals surface area contributed by atoms with E-state index in [4.69, 9.17) is 0 Å². The third-order valence-corrected chi connectivity index (χ3v) is 1.78. The van der Waals surface area contributed by atoms with E-state index in [0.29, 0.717) is 4.86 Å². The summed E-state index contributed by atoms with van der Waals surface area (Å²) in [6, 6.07) is 0. The van der Waals surface area contributed by atoms with Crippen LogP contribution in [0.3, 0.4) is 0 Å². The minimum absolute atomic E-state index is 0.0178. The minimum atomic E-state index is -2.10. The zero-order valence-electron chi connectivity index (χ0n) is 4.05. The summed E-state index contributed by atoms with van der Waals surface area (Å²) < 4.78 is 19.9. The van der Waals surface area contributed by atoms with Gasteiger partial charge in [0.25, 0.3) is 0 Å². The van der Waals surface area contributed by atoms with Crippen molar-refractivity contribution in [3.8, 4) is 0 Å². The SMILES string of the molecule is O=C1CC(=S(=O)=O)C1. The first kappa shape index (κ1) is 5.50. The maximum Gasteiger partial charge on any atom is 0.214 e. The third kappa shape index (κ3) is 0.790. The van der Waals surface area contributed by atoms with Crippen LogP contribution in [0.4, 0.5) is 0 Å². The monoisotopic (exact) mass is 132 g/mol. The molecule has 0 aliphatic heterocycles. The summed E-state index contributed by atoms with van der Waals surface area (Å²) in [4.78, 5) is 10.5. The summed E-state index contributed by atoms with van der Waals surface area (Å²) in [5, 5.41) is 0. The first-order valence-corrected chi connectivity index (χ1v) is 3.23. The van der Waals surface area contributed by atoms with E-state index in [1.165, 1.54) is 0 Å². The van der Waals surface area contributed by atoms with Gasteiger partial charge in [-0.15, -0.1) is 0 Å². The molecule has 0 saturated heterocycles. The summed E-state index contributed by atoms with van der Waals surface area (Å²) in [5.74, 6) is 0.0178. The largest absolute Gasteiger partial charge is 0.299 e. The number of carbonyl (C=O) groups excluding carboxylic acids is 1. The van der Waals surface area contributed by atoms with Gasteiger partial charge in [0, 0.05) is 12.8 Å². The highest BCUT2D eigenvalue weighted by atomic mass is 32.2. The zero-order valence-corrected chi connectivity index (χ0v) is 4.86. The molecule has 0 radical (unpaired) electrons. The molecule has 1 rings (SSSR count). The number of rotatable bonds is 0. The molecular formula is C4H4O3S. The highest BCUT2D eigenvalue weighted by Gasteiger charge is 2.21. The van der Waals surface area contributed by atoms with Gasteiger partial charge in [0.1, 0.15) is 5.78 Å². The van der Waals surface area contributed by atoms with Crippen molar-refractivity contribution in [2.75, 3.05) is 0 Å². The van der Waals surface area contributed by atoms with Gasteiger partial charge in [-0.1, -0.05) is 0 Å². The molecule has 0 aromatic rings. The Bertz CT molecular complexity index is 228. The van der Waals surface area contributed by atoms with Crippen LogP contribution in [0.5, 0.6) is 0 Å². The Morgan fingerprint density at radius 2 is 1.75 bits per heavy atom. The van der Waals surface area contributed by atoms with Crippen molar-refractivity contribution >= 4 is 20.9 Å². The van der Waals surface area contributed by atoms with Gasteiger partial charge in [-0.2, -0.15) is 8.42 Å². The van der Waals surface area contributed by atoms with Crippen LogP contribution in [-0.2, 0) is 15.1 Å². The fourth-order valence-corrected chi connectivity index (χ4v) is 1.06. The Morgan fingerprint density at radius 1 is 1.25 bits per heavy atom. The smallest absolute Gasteiger partial charge is 0.214 e. The summed E-state index contributed by atoms with van der Waals surface area (Å²) in [6.45, 7) is 0. The van der Waals surface area contributed by atoms with Crippen LogP contribution in [0.15, 0.2) is 0 Å². The Hall–Kier alpha value is -0.640. The van der Waals surface area contributed by atoms with E-state index in [0.717, 1.165) is 0 Å². The highest BCUT2D eigenvalue weighted by molar-refractivity contribution is 7.73. The molecule has 1 aliphatic carbocycles. The van der Waals surface area contributed by atoms with Crippen LogP contribution in [0, 0.1) is 0 Å². The summed E-state index contributed by atoms with van der Waals surface area (Å²) >= 11 is 0. The lowest BCUT2D eigenvalue weighted by Gasteiger charge is -2.07. The lowest BCUT2D eigenvalue weighted by Crippen LogP contribution is -2.23. The molecule has 0 bridgehead atoms. The number of carbonyl (C=O) groups is 1. The van der Waals surface area contributed by atoms with Crippen LogP contribution in [0.1, 0.15) is 12.8 Å². The molecule has 0 unspecified atom stereocenters. The van der Waals surface area contributed by atoms with Crippen molar-refractivity contribution < 1.29 is 13.2 Å².